The summed E-state index contributed by atoms with van der Waals surface area (Å²) in [7, 11) is -3.33. The summed E-state index contributed by atoms with van der Waals surface area (Å²) in [6, 6.07) is 5.64. The highest BCUT2D eigenvalue weighted by Gasteiger charge is 2.43. The van der Waals surface area contributed by atoms with E-state index in [9.17, 15) is 17.2 Å². The molecule has 1 aliphatic carbocycles. The van der Waals surface area contributed by atoms with Gasteiger partial charge in [0.1, 0.15) is 23.9 Å². The van der Waals surface area contributed by atoms with E-state index in [1.54, 1.807) is 6.07 Å². The Hall–Kier alpha value is -2.29. The van der Waals surface area contributed by atoms with Crippen LogP contribution in [0.15, 0.2) is 69.7 Å². The molecule has 0 radical (unpaired) electrons. The van der Waals surface area contributed by atoms with Crippen molar-refractivity contribution in [3.8, 4) is 0 Å². The Morgan fingerprint density at radius 3 is 2.66 bits per heavy atom. The number of sulfone groups is 1. The Balaban J connectivity index is 1.76. The Bertz CT molecular complexity index is 1420. The van der Waals surface area contributed by atoms with Crippen molar-refractivity contribution in [2.24, 2.45) is 10.9 Å². The van der Waals surface area contributed by atoms with Gasteiger partial charge in [-0.15, -0.1) is 11.3 Å². The first kappa shape index (κ1) is 24.4. The van der Waals surface area contributed by atoms with Gasteiger partial charge in [-0.25, -0.2) is 17.2 Å². The average Bonchev–Trinajstić information content (AvgIpc) is 3.52. The van der Waals surface area contributed by atoms with E-state index in [0.29, 0.717) is 17.8 Å². The zero-order chi connectivity index (χ0) is 25.1. The van der Waals surface area contributed by atoms with Crippen LogP contribution >= 0.6 is 22.9 Å². The zero-order valence-electron chi connectivity index (χ0n) is 19.5. The number of aryl methyl sites for hydroxylation is 1. The molecule has 9 heteroatoms. The lowest BCUT2D eigenvalue weighted by molar-refractivity contribution is 0.321. The normalized spacial score (nSPS) is 25.1. The summed E-state index contributed by atoms with van der Waals surface area (Å²) in [5.41, 5.74) is 4.09. The van der Waals surface area contributed by atoms with Crippen LogP contribution in [-0.2, 0) is 9.84 Å². The van der Waals surface area contributed by atoms with Crippen molar-refractivity contribution in [1.29, 1.82) is 0 Å². The highest BCUT2D eigenvalue weighted by atomic mass is 35.5. The summed E-state index contributed by atoms with van der Waals surface area (Å²) >= 11 is 8.07. The number of thiophene rings is 1. The van der Waals surface area contributed by atoms with Gasteiger partial charge in [0.25, 0.3) is 0 Å². The van der Waals surface area contributed by atoms with Crippen molar-refractivity contribution in [3.05, 3.63) is 91.6 Å². The maximum atomic E-state index is 14.2. The number of benzene rings is 1. The summed E-state index contributed by atoms with van der Waals surface area (Å²) < 4.78 is 53.3. The van der Waals surface area contributed by atoms with Gasteiger partial charge in [-0.05, 0) is 54.1 Å². The van der Waals surface area contributed by atoms with Gasteiger partial charge in [0.2, 0.25) is 0 Å². The van der Waals surface area contributed by atoms with E-state index >= 15 is 0 Å². The molecule has 2 aliphatic heterocycles. The topological polar surface area (TPSA) is 49.7 Å². The van der Waals surface area contributed by atoms with Gasteiger partial charge >= 0.3 is 0 Å². The average molecular weight is 535 g/mol. The largest absolute Gasteiger partial charge is 0.327 e. The lowest BCUT2D eigenvalue weighted by atomic mass is 9.89. The molecule has 4 atom stereocenters. The standard InChI is InChI=1S/C26H25ClF2N2O2S2/c1-14-8-9-34-25(14)26-30-24(20-7-6-18(29)11-21(20)27)23(17-5-4-16(10-17)15(2)28)22-12-19(13-31(22)26)35(3,32)33/h4-11,15-16,19,24H,12-13H2,1-3H3/t15?,16-,19-,24-/m0/s1. The molecule has 4 nitrogen and oxygen atoms in total. The number of hydrogen-bond acceptors (Lipinski definition) is 5. The molecule has 0 bridgehead atoms. The molecule has 3 aliphatic rings. The van der Waals surface area contributed by atoms with Crippen LogP contribution in [0, 0.1) is 18.7 Å². The summed E-state index contributed by atoms with van der Waals surface area (Å²) in [6.07, 6.45) is 6.05. The molecule has 1 unspecified atom stereocenters. The first-order valence-electron chi connectivity index (χ1n) is 11.4. The molecule has 3 heterocycles. The number of aliphatic imine (C=N–C) groups is 1. The van der Waals surface area contributed by atoms with Crippen molar-refractivity contribution < 1.29 is 17.2 Å². The first-order chi connectivity index (χ1) is 16.5. The Labute approximate surface area is 213 Å². The second-order valence-corrected chi connectivity index (χ2v) is 13.0. The Kier molecular flexibility index (Phi) is 6.26. The molecular formula is C26H25ClF2N2O2S2. The monoisotopic (exact) mass is 534 g/mol. The predicted molar refractivity (Wildman–Crippen MR) is 138 cm³/mol. The molecule has 184 valence electrons. The number of nitrogens with zero attached hydrogens (tertiary/aromatic N) is 2. The minimum absolute atomic E-state index is 0.239. The van der Waals surface area contributed by atoms with Crippen LogP contribution < -0.4 is 0 Å². The first-order valence-corrected chi connectivity index (χ1v) is 14.6. The van der Waals surface area contributed by atoms with Gasteiger partial charge in [-0.3, -0.25) is 4.99 Å². The third-order valence-corrected chi connectivity index (χ3v) is 9.73. The van der Waals surface area contributed by atoms with Crippen molar-refractivity contribution in [2.75, 3.05) is 12.8 Å². The molecule has 35 heavy (non-hydrogen) atoms. The van der Waals surface area contributed by atoms with Gasteiger partial charge in [0.15, 0.2) is 9.84 Å². The van der Waals surface area contributed by atoms with Crippen molar-refractivity contribution in [2.45, 2.75) is 37.7 Å². The van der Waals surface area contributed by atoms with Gasteiger partial charge in [0.05, 0.1) is 10.1 Å². The number of allylic oxidation sites excluding steroid dienone is 4. The smallest absolute Gasteiger partial charge is 0.152 e. The number of fused-ring (bicyclic) bond motifs is 1. The van der Waals surface area contributed by atoms with Crippen molar-refractivity contribution in [3.63, 3.8) is 0 Å². The van der Waals surface area contributed by atoms with Crippen LogP contribution in [0.2, 0.25) is 5.02 Å². The van der Waals surface area contributed by atoms with E-state index in [2.05, 4.69) is 0 Å². The van der Waals surface area contributed by atoms with Crippen LogP contribution in [0.3, 0.4) is 0 Å². The minimum Gasteiger partial charge on any atom is -0.327 e. The predicted octanol–water partition coefficient (Wildman–Crippen LogP) is 6.19. The highest BCUT2D eigenvalue weighted by Crippen LogP contribution is 2.47. The fourth-order valence-electron chi connectivity index (χ4n) is 4.93. The van der Waals surface area contributed by atoms with Gasteiger partial charge in [-0.1, -0.05) is 35.9 Å². The third-order valence-electron chi connectivity index (χ3n) is 6.86. The molecule has 1 fully saturated rings. The molecule has 5 rings (SSSR count). The summed E-state index contributed by atoms with van der Waals surface area (Å²) in [5.74, 6) is -0.147. The van der Waals surface area contributed by atoms with E-state index in [0.717, 1.165) is 27.3 Å². The SMILES string of the molecule is Cc1ccsc1C1=N[C@@H](c2ccc(F)cc2Cl)C(C2=C[C@@H](C(C)F)C=C2)=C2C[C@H](S(C)(=O)=O)CN12. The van der Waals surface area contributed by atoms with E-state index < -0.39 is 33.1 Å². The number of alkyl halides is 1. The van der Waals surface area contributed by atoms with Crippen LogP contribution in [0.4, 0.5) is 8.78 Å². The Morgan fingerprint density at radius 2 is 2.06 bits per heavy atom. The van der Waals surface area contributed by atoms with E-state index in [1.807, 2.05) is 41.5 Å². The lowest BCUT2D eigenvalue weighted by Crippen LogP contribution is -2.35. The van der Waals surface area contributed by atoms with Crippen molar-refractivity contribution in [1.82, 2.24) is 4.90 Å². The highest BCUT2D eigenvalue weighted by molar-refractivity contribution is 7.91. The van der Waals surface area contributed by atoms with Gasteiger partial charge in [0, 0.05) is 41.4 Å². The molecule has 0 spiro atoms. The van der Waals surface area contributed by atoms with E-state index in [-0.39, 0.29) is 17.5 Å². The van der Waals surface area contributed by atoms with E-state index in [1.165, 1.54) is 36.6 Å². The maximum absolute atomic E-state index is 14.2. The fourth-order valence-corrected chi connectivity index (χ4v) is 7.01. The number of hydrogen-bond donors (Lipinski definition) is 0. The Morgan fingerprint density at radius 1 is 1.29 bits per heavy atom. The molecule has 1 saturated heterocycles. The summed E-state index contributed by atoms with van der Waals surface area (Å²) in [4.78, 5) is 8.07. The third kappa shape index (κ3) is 4.41. The zero-order valence-corrected chi connectivity index (χ0v) is 21.9. The summed E-state index contributed by atoms with van der Waals surface area (Å²) in [5, 5.41) is 1.62. The second-order valence-electron chi connectivity index (χ2n) is 9.32. The molecule has 0 amide bonds. The van der Waals surface area contributed by atoms with Gasteiger partial charge in [-0.2, -0.15) is 0 Å². The van der Waals surface area contributed by atoms with E-state index in [4.69, 9.17) is 16.6 Å². The molecule has 0 saturated carbocycles. The van der Waals surface area contributed by atoms with Crippen LogP contribution in [0.5, 0.6) is 0 Å². The quantitative estimate of drug-likeness (QED) is 0.459. The van der Waals surface area contributed by atoms with Gasteiger partial charge < -0.3 is 4.90 Å². The fraction of sp³-hybridized carbons (Fsp3) is 0.346. The number of rotatable bonds is 5. The minimum atomic E-state index is -3.33. The van der Waals surface area contributed by atoms with Crippen molar-refractivity contribution >= 4 is 38.6 Å². The number of amidine groups is 1. The number of halogens is 3. The van der Waals surface area contributed by atoms with Crippen LogP contribution in [0.1, 0.15) is 35.4 Å². The second kappa shape index (κ2) is 8.98. The maximum Gasteiger partial charge on any atom is 0.152 e. The lowest BCUT2D eigenvalue weighted by Gasteiger charge is -2.34. The molecule has 2 aromatic rings. The molecular weight excluding hydrogens is 510 g/mol. The molecule has 1 aromatic heterocycles. The molecule has 0 N–H and O–H groups in total. The summed E-state index contributed by atoms with van der Waals surface area (Å²) in [6.45, 7) is 3.79. The van der Waals surface area contributed by atoms with Crippen LogP contribution in [-0.4, -0.2) is 43.4 Å². The molecule has 1 aromatic carbocycles. The van der Waals surface area contributed by atoms with Crippen LogP contribution in [0.25, 0.3) is 0 Å².